The number of aromatic nitrogens is 2. The van der Waals surface area contributed by atoms with Crippen molar-refractivity contribution >= 4 is 17.2 Å². The number of hydrogen-bond donors (Lipinski definition) is 0. The van der Waals surface area contributed by atoms with E-state index in [-0.39, 0.29) is 11.7 Å². The zero-order chi connectivity index (χ0) is 17.1. The van der Waals surface area contributed by atoms with E-state index in [9.17, 15) is 9.18 Å². The van der Waals surface area contributed by atoms with Gasteiger partial charge in [0.15, 0.2) is 0 Å². The van der Waals surface area contributed by atoms with Crippen molar-refractivity contribution < 1.29 is 9.18 Å². The number of carbonyl (C=O) groups excluding carboxylic acids is 1. The maximum atomic E-state index is 13.1. The van der Waals surface area contributed by atoms with Gasteiger partial charge in [0.2, 0.25) is 0 Å². The molecule has 0 aliphatic heterocycles. The van der Waals surface area contributed by atoms with E-state index in [1.165, 1.54) is 23.5 Å². The molecule has 0 fully saturated rings. The van der Waals surface area contributed by atoms with Crippen LogP contribution >= 0.6 is 11.3 Å². The van der Waals surface area contributed by atoms with Gasteiger partial charge < -0.3 is 4.90 Å². The second-order valence-electron chi connectivity index (χ2n) is 5.45. The molecule has 0 radical (unpaired) electrons. The Morgan fingerprint density at radius 2 is 2.00 bits per heavy atom. The summed E-state index contributed by atoms with van der Waals surface area (Å²) in [5, 5.41) is 0. The first-order valence-electron chi connectivity index (χ1n) is 7.41. The van der Waals surface area contributed by atoms with Crippen molar-refractivity contribution in [2.24, 2.45) is 0 Å². The number of thiophene rings is 1. The first kappa shape index (κ1) is 16.3. The van der Waals surface area contributed by atoms with Gasteiger partial charge in [-0.05, 0) is 36.2 Å². The summed E-state index contributed by atoms with van der Waals surface area (Å²) in [7, 11) is 1.74. The highest BCUT2D eigenvalue weighted by Gasteiger charge is 2.17. The highest BCUT2D eigenvalue weighted by atomic mass is 32.1. The fraction of sp³-hybridized carbons (Fsp3) is 0.167. The lowest BCUT2D eigenvalue weighted by molar-refractivity contribution is 0.0788. The van der Waals surface area contributed by atoms with E-state index < -0.39 is 0 Å². The second-order valence-corrected chi connectivity index (χ2v) is 6.70. The Kier molecular flexibility index (Phi) is 4.66. The molecule has 0 atom stereocenters. The summed E-state index contributed by atoms with van der Waals surface area (Å²) in [6.07, 6.45) is 4.85. The number of hydrogen-bond acceptors (Lipinski definition) is 4. The number of nitrogens with zero attached hydrogens (tertiary/aromatic N) is 3. The number of carbonyl (C=O) groups is 1. The molecule has 4 nitrogen and oxygen atoms in total. The number of aryl methyl sites for hydroxylation is 1. The smallest absolute Gasteiger partial charge is 0.264 e. The molecule has 3 rings (SSSR count). The van der Waals surface area contributed by atoms with Crippen molar-refractivity contribution in [2.45, 2.75) is 13.5 Å². The minimum Gasteiger partial charge on any atom is -0.335 e. The lowest BCUT2D eigenvalue weighted by Gasteiger charge is -2.15. The fourth-order valence-electron chi connectivity index (χ4n) is 2.42. The molecule has 0 spiro atoms. The van der Waals surface area contributed by atoms with Crippen molar-refractivity contribution in [3.63, 3.8) is 0 Å². The third-order valence-electron chi connectivity index (χ3n) is 3.65. The zero-order valence-electron chi connectivity index (χ0n) is 13.4. The quantitative estimate of drug-likeness (QED) is 0.722. The summed E-state index contributed by atoms with van der Waals surface area (Å²) in [5.74, 6) is -0.339. The summed E-state index contributed by atoms with van der Waals surface area (Å²) in [6, 6.07) is 8.16. The Morgan fingerprint density at radius 3 is 2.67 bits per heavy atom. The Balaban J connectivity index is 1.81. The lowest BCUT2D eigenvalue weighted by Crippen LogP contribution is -2.25. The normalized spacial score (nSPS) is 10.6. The van der Waals surface area contributed by atoms with Gasteiger partial charge in [-0.2, -0.15) is 0 Å². The van der Waals surface area contributed by atoms with E-state index in [2.05, 4.69) is 9.97 Å². The first-order valence-corrected chi connectivity index (χ1v) is 8.23. The van der Waals surface area contributed by atoms with E-state index >= 15 is 0 Å². The Labute approximate surface area is 143 Å². The molecule has 0 N–H and O–H groups in total. The summed E-state index contributed by atoms with van der Waals surface area (Å²) < 4.78 is 13.1. The molecule has 0 bridgehead atoms. The van der Waals surface area contributed by atoms with Gasteiger partial charge in [0.05, 0.1) is 23.3 Å². The van der Waals surface area contributed by atoms with Crippen LogP contribution in [-0.4, -0.2) is 27.8 Å². The Morgan fingerprint density at radius 1 is 1.25 bits per heavy atom. The van der Waals surface area contributed by atoms with E-state index in [0.717, 1.165) is 21.7 Å². The zero-order valence-corrected chi connectivity index (χ0v) is 14.2. The number of benzene rings is 1. The predicted octanol–water partition coefficient (Wildman–Crippen LogP) is 3.92. The van der Waals surface area contributed by atoms with Gasteiger partial charge in [0, 0.05) is 24.3 Å². The third kappa shape index (κ3) is 3.49. The lowest BCUT2D eigenvalue weighted by atomic mass is 10.1. The second kappa shape index (κ2) is 6.88. The fourth-order valence-corrected chi connectivity index (χ4v) is 3.45. The van der Waals surface area contributed by atoms with Crippen molar-refractivity contribution in [2.75, 3.05) is 7.05 Å². The van der Waals surface area contributed by atoms with Crippen molar-refractivity contribution in [3.05, 3.63) is 70.2 Å². The molecule has 1 amide bonds. The molecule has 0 saturated carbocycles. The van der Waals surface area contributed by atoms with E-state index in [0.29, 0.717) is 11.4 Å². The van der Waals surface area contributed by atoms with Gasteiger partial charge in [0.1, 0.15) is 5.82 Å². The average molecular weight is 341 g/mol. The topological polar surface area (TPSA) is 46.1 Å². The van der Waals surface area contributed by atoms with E-state index in [1.807, 2.05) is 13.0 Å². The van der Waals surface area contributed by atoms with Crippen LogP contribution in [0.5, 0.6) is 0 Å². The molecular weight excluding hydrogens is 325 g/mol. The minimum absolute atomic E-state index is 0.0675. The summed E-state index contributed by atoms with van der Waals surface area (Å²) in [6.45, 7) is 2.36. The van der Waals surface area contributed by atoms with Crippen molar-refractivity contribution in [3.8, 4) is 11.1 Å². The van der Waals surface area contributed by atoms with Crippen LogP contribution in [0.1, 0.15) is 20.2 Å². The Hall–Kier alpha value is -2.60. The molecular formula is C18H16FN3OS. The standard InChI is InChI=1S/C18H16FN3OS/c1-12-16(13-3-5-14(19)6-4-13)9-17(24-12)18(23)22(2)11-15-10-20-7-8-21-15/h3-10H,11H2,1-2H3. The molecule has 0 aliphatic rings. The highest BCUT2D eigenvalue weighted by Crippen LogP contribution is 2.31. The largest absolute Gasteiger partial charge is 0.335 e. The van der Waals surface area contributed by atoms with Crippen LogP contribution < -0.4 is 0 Å². The van der Waals surface area contributed by atoms with Gasteiger partial charge in [0.25, 0.3) is 5.91 Å². The maximum Gasteiger partial charge on any atom is 0.264 e. The molecule has 24 heavy (non-hydrogen) atoms. The average Bonchev–Trinajstić information content (AvgIpc) is 2.97. The van der Waals surface area contributed by atoms with Gasteiger partial charge in [-0.1, -0.05) is 12.1 Å². The maximum absolute atomic E-state index is 13.1. The summed E-state index contributed by atoms with van der Waals surface area (Å²) in [5.41, 5.74) is 2.59. The van der Waals surface area contributed by atoms with Crippen LogP contribution in [0.25, 0.3) is 11.1 Å². The van der Waals surface area contributed by atoms with E-state index in [1.54, 1.807) is 42.7 Å². The SMILES string of the molecule is Cc1sc(C(=O)N(C)Cc2cnccn2)cc1-c1ccc(F)cc1. The number of rotatable bonds is 4. The van der Waals surface area contributed by atoms with Crippen LogP contribution in [0.3, 0.4) is 0 Å². The Bertz CT molecular complexity index is 846. The molecule has 2 heterocycles. The molecule has 0 aliphatic carbocycles. The highest BCUT2D eigenvalue weighted by molar-refractivity contribution is 7.14. The van der Waals surface area contributed by atoms with Crippen LogP contribution in [0.4, 0.5) is 4.39 Å². The van der Waals surface area contributed by atoms with E-state index in [4.69, 9.17) is 0 Å². The molecule has 0 saturated heterocycles. The van der Waals surface area contributed by atoms with Crippen LogP contribution in [0.2, 0.25) is 0 Å². The van der Waals surface area contributed by atoms with Crippen molar-refractivity contribution in [1.29, 1.82) is 0 Å². The third-order valence-corrected chi connectivity index (χ3v) is 4.68. The minimum atomic E-state index is -0.272. The molecule has 122 valence electrons. The number of amides is 1. The molecule has 2 aromatic heterocycles. The molecule has 1 aromatic carbocycles. The van der Waals surface area contributed by atoms with Gasteiger partial charge in [-0.3, -0.25) is 14.8 Å². The molecule has 3 aromatic rings. The first-order chi connectivity index (χ1) is 11.5. The van der Waals surface area contributed by atoms with Crippen molar-refractivity contribution in [1.82, 2.24) is 14.9 Å². The summed E-state index contributed by atoms with van der Waals surface area (Å²) in [4.78, 5) is 24.1. The van der Waals surface area contributed by atoms with Crippen LogP contribution in [-0.2, 0) is 6.54 Å². The summed E-state index contributed by atoms with van der Waals surface area (Å²) >= 11 is 1.44. The predicted molar refractivity (Wildman–Crippen MR) is 92.3 cm³/mol. The van der Waals surface area contributed by atoms with Gasteiger partial charge >= 0.3 is 0 Å². The van der Waals surface area contributed by atoms with Crippen LogP contribution in [0, 0.1) is 12.7 Å². The van der Waals surface area contributed by atoms with Gasteiger partial charge in [-0.25, -0.2) is 4.39 Å². The molecule has 0 unspecified atom stereocenters. The van der Waals surface area contributed by atoms with Crippen LogP contribution in [0.15, 0.2) is 48.9 Å². The molecule has 6 heteroatoms. The van der Waals surface area contributed by atoms with Gasteiger partial charge in [-0.15, -0.1) is 11.3 Å². The number of halogens is 1. The monoisotopic (exact) mass is 341 g/mol.